The first kappa shape index (κ1) is 18.0. The van der Waals surface area contributed by atoms with Gasteiger partial charge in [0.25, 0.3) is 0 Å². The first-order valence-corrected chi connectivity index (χ1v) is 9.91. The molecular weight excluding hydrogens is 353 g/mol. The molecule has 0 bridgehead atoms. The Hall–Kier alpha value is -1.39. The lowest BCUT2D eigenvalue weighted by molar-refractivity contribution is -0.0214. The molecule has 1 aliphatic carbocycles. The van der Waals surface area contributed by atoms with Crippen LogP contribution in [-0.4, -0.2) is 29.2 Å². The second-order valence-electron chi connectivity index (χ2n) is 8.11. The highest BCUT2D eigenvalue weighted by Gasteiger charge is 2.32. The van der Waals surface area contributed by atoms with Gasteiger partial charge in [0.1, 0.15) is 5.67 Å². The van der Waals surface area contributed by atoms with Gasteiger partial charge in [-0.3, -0.25) is 4.79 Å². The summed E-state index contributed by atoms with van der Waals surface area (Å²) in [6, 6.07) is 6.02. The molecule has 1 saturated heterocycles. The SMILES string of the molecule is CC1(F)CCC[C@H](CCC(=O)c2cn(C3COC3)c3cccc(Cl)c23)C1. The predicted octanol–water partition coefficient (Wildman–Crippen LogP) is 5.75. The van der Waals surface area contributed by atoms with Crippen molar-refractivity contribution in [1.82, 2.24) is 4.57 Å². The summed E-state index contributed by atoms with van der Waals surface area (Å²) in [6.07, 6.45) is 6.29. The first-order valence-electron chi connectivity index (χ1n) is 9.53. The van der Waals surface area contributed by atoms with Crippen LogP contribution in [0.15, 0.2) is 24.4 Å². The molecule has 2 heterocycles. The Morgan fingerprint density at radius 2 is 2.23 bits per heavy atom. The van der Waals surface area contributed by atoms with Gasteiger partial charge in [-0.25, -0.2) is 4.39 Å². The highest BCUT2D eigenvalue weighted by Crippen LogP contribution is 2.38. The lowest BCUT2D eigenvalue weighted by Crippen LogP contribution is -2.30. The molecule has 4 rings (SSSR count). The number of nitrogens with zero attached hydrogens (tertiary/aromatic N) is 1. The summed E-state index contributed by atoms with van der Waals surface area (Å²) in [7, 11) is 0. The zero-order valence-corrected chi connectivity index (χ0v) is 15.9. The van der Waals surface area contributed by atoms with Crippen molar-refractivity contribution < 1.29 is 13.9 Å². The number of Topliss-reactive ketones (excluding diaryl/α,β-unsaturated/α-hetero) is 1. The second-order valence-corrected chi connectivity index (χ2v) is 8.52. The lowest BCUT2D eigenvalue weighted by atomic mass is 9.78. The Bertz CT molecular complexity index is 825. The molecule has 1 aromatic heterocycles. The molecule has 2 atom stereocenters. The van der Waals surface area contributed by atoms with Crippen LogP contribution in [0, 0.1) is 5.92 Å². The molecule has 1 saturated carbocycles. The maximum atomic E-state index is 14.2. The summed E-state index contributed by atoms with van der Waals surface area (Å²) in [5.41, 5.74) is 0.606. The molecule has 2 fully saturated rings. The summed E-state index contributed by atoms with van der Waals surface area (Å²) in [4.78, 5) is 13.0. The molecule has 1 aromatic carbocycles. The van der Waals surface area contributed by atoms with E-state index in [0.29, 0.717) is 49.0 Å². The van der Waals surface area contributed by atoms with Gasteiger partial charge in [-0.15, -0.1) is 0 Å². The number of benzene rings is 1. The molecule has 140 valence electrons. The highest BCUT2D eigenvalue weighted by molar-refractivity contribution is 6.37. The van der Waals surface area contributed by atoms with Crippen LogP contribution in [0.25, 0.3) is 10.9 Å². The van der Waals surface area contributed by atoms with Crippen LogP contribution in [0.5, 0.6) is 0 Å². The van der Waals surface area contributed by atoms with Crippen molar-refractivity contribution in [2.24, 2.45) is 5.92 Å². The number of halogens is 2. The van der Waals surface area contributed by atoms with Crippen LogP contribution in [0.3, 0.4) is 0 Å². The van der Waals surface area contributed by atoms with Gasteiger partial charge in [-0.2, -0.15) is 0 Å². The van der Waals surface area contributed by atoms with Crippen LogP contribution in [0.2, 0.25) is 5.02 Å². The van der Waals surface area contributed by atoms with Gasteiger partial charge in [0.05, 0.1) is 29.8 Å². The average Bonchev–Trinajstić information content (AvgIpc) is 2.91. The summed E-state index contributed by atoms with van der Waals surface area (Å²) in [6.45, 7) is 3.03. The number of ketones is 1. The molecule has 3 nitrogen and oxygen atoms in total. The van der Waals surface area contributed by atoms with Crippen LogP contribution in [-0.2, 0) is 4.74 Å². The Labute approximate surface area is 158 Å². The van der Waals surface area contributed by atoms with E-state index < -0.39 is 5.67 Å². The van der Waals surface area contributed by atoms with E-state index in [4.69, 9.17) is 16.3 Å². The normalized spacial score (nSPS) is 26.8. The second kappa shape index (κ2) is 6.97. The van der Waals surface area contributed by atoms with Gasteiger partial charge >= 0.3 is 0 Å². The standard InChI is InChI=1S/C21H25ClFNO2/c1-21(23)9-3-4-14(10-21)7-8-19(25)16-11-24(15-12-26-13-15)18-6-2-5-17(22)20(16)18/h2,5-6,11,14-15H,3-4,7-10,12-13H2,1H3/t14-,21?/m1/s1. The van der Waals surface area contributed by atoms with E-state index in [9.17, 15) is 9.18 Å². The number of carbonyl (C=O) groups excluding carboxylic acids is 1. The van der Waals surface area contributed by atoms with E-state index in [-0.39, 0.29) is 11.8 Å². The fraction of sp³-hybridized carbons (Fsp3) is 0.571. The smallest absolute Gasteiger partial charge is 0.165 e. The van der Waals surface area contributed by atoms with Gasteiger partial charge in [0, 0.05) is 23.6 Å². The number of alkyl halides is 1. The molecular formula is C21H25ClFNO2. The van der Waals surface area contributed by atoms with E-state index in [0.717, 1.165) is 30.2 Å². The van der Waals surface area contributed by atoms with Crippen LogP contribution in [0.1, 0.15) is 61.8 Å². The number of hydrogen-bond donors (Lipinski definition) is 0. The number of carbonyl (C=O) groups is 1. The quantitative estimate of drug-likeness (QED) is 0.621. The van der Waals surface area contributed by atoms with Gasteiger partial charge in [0.15, 0.2) is 5.78 Å². The van der Waals surface area contributed by atoms with Crippen molar-refractivity contribution in [2.45, 2.75) is 57.2 Å². The third-order valence-electron chi connectivity index (χ3n) is 5.93. The van der Waals surface area contributed by atoms with Crippen LogP contribution in [0.4, 0.5) is 4.39 Å². The topological polar surface area (TPSA) is 31.2 Å². The third kappa shape index (κ3) is 3.41. The molecule has 26 heavy (non-hydrogen) atoms. The number of ether oxygens (including phenoxy) is 1. The van der Waals surface area contributed by atoms with Crippen molar-refractivity contribution >= 4 is 28.3 Å². The largest absolute Gasteiger partial charge is 0.377 e. The summed E-state index contributed by atoms with van der Waals surface area (Å²) >= 11 is 6.43. The summed E-state index contributed by atoms with van der Waals surface area (Å²) in [5, 5.41) is 1.45. The molecule has 0 radical (unpaired) electrons. The van der Waals surface area contributed by atoms with E-state index in [1.54, 1.807) is 6.92 Å². The average molecular weight is 378 g/mol. The molecule has 0 spiro atoms. The van der Waals surface area contributed by atoms with Crippen molar-refractivity contribution in [1.29, 1.82) is 0 Å². The highest BCUT2D eigenvalue weighted by atomic mass is 35.5. The number of aromatic nitrogens is 1. The zero-order valence-electron chi connectivity index (χ0n) is 15.1. The first-order chi connectivity index (χ1) is 12.4. The molecule has 2 aliphatic rings. The minimum atomic E-state index is -1.07. The molecule has 5 heteroatoms. The molecule has 0 amide bonds. The fourth-order valence-electron chi connectivity index (χ4n) is 4.45. The zero-order chi connectivity index (χ0) is 18.3. The Kier molecular flexibility index (Phi) is 4.83. The van der Waals surface area contributed by atoms with Crippen LogP contribution < -0.4 is 0 Å². The molecule has 1 unspecified atom stereocenters. The van der Waals surface area contributed by atoms with Crippen molar-refractivity contribution in [3.8, 4) is 0 Å². The van der Waals surface area contributed by atoms with E-state index in [1.165, 1.54) is 0 Å². The maximum Gasteiger partial charge on any atom is 0.165 e. The van der Waals surface area contributed by atoms with E-state index >= 15 is 0 Å². The minimum Gasteiger partial charge on any atom is -0.377 e. The summed E-state index contributed by atoms with van der Waals surface area (Å²) in [5.74, 6) is 0.403. The lowest BCUT2D eigenvalue weighted by Gasteiger charge is -2.31. The van der Waals surface area contributed by atoms with E-state index in [1.807, 2.05) is 24.4 Å². The van der Waals surface area contributed by atoms with Gasteiger partial charge < -0.3 is 9.30 Å². The van der Waals surface area contributed by atoms with Gasteiger partial charge in [0.2, 0.25) is 0 Å². The van der Waals surface area contributed by atoms with Crippen LogP contribution >= 0.6 is 11.6 Å². The summed E-state index contributed by atoms with van der Waals surface area (Å²) < 4.78 is 21.7. The third-order valence-corrected chi connectivity index (χ3v) is 6.24. The predicted molar refractivity (Wildman–Crippen MR) is 102 cm³/mol. The molecule has 1 aliphatic heterocycles. The van der Waals surface area contributed by atoms with Gasteiger partial charge in [-0.05, 0) is 44.2 Å². The number of hydrogen-bond acceptors (Lipinski definition) is 2. The van der Waals surface area contributed by atoms with E-state index in [2.05, 4.69) is 4.57 Å². The number of rotatable bonds is 5. The molecule has 0 N–H and O–H groups in total. The van der Waals surface area contributed by atoms with Gasteiger partial charge in [-0.1, -0.05) is 30.5 Å². The maximum absolute atomic E-state index is 14.2. The monoisotopic (exact) mass is 377 g/mol. The molecule has 2 aromatic rings. The van der Waals surface area contributed by atoms with Crippen molar-refractivity contribution in [3.05, 3.63) is 35.0 Å². The Morgan fingerprint density at radius 1 is 1.42 bits per heavy atom. The van der Waals surface area contributed by atoms with Crippen molar-refractivity contribution in [3.63, 3.8) is 0 Å². The fourth-order valence-corrected chi connectivity index (χ4v) is 4.72. The Morgan fingerprint density at radius 3 is 2.92 bits per heavy atom. The number of fused-ring (bicyclic) bond motifs is 1. The Balaban J connectivity index is 1.55. The van der Waals surface area contributed by atoms with Crippen molar-refractivity contribution in [2.75, 3.05) is 13.2 Å². The minimum absolute atomic E-state index is 0.105.